The number of nitrogens with one attached hydrogen (secondary N) is 1. The number of carbonyl (C=O) groups excluding carboxylic acids is 2. The number of fused-ring (bicyclic) bond motifs is 1. The van der Waals surface area contributed by atoms with Crippen LogP contribution in [-0.2, 0) is 22.7 Å². The van der Waals surface area contributed by atoms with Crippen LogP contribution in [0.2, 0.25) is 0 Å². The lowest BCUT2D eigenvalue weighted by Crippen LogP contribution is -2.46. The van der Waals surface area contributed by atoms with E-state index in [2.05, 4.69) is 5.32 Å². The summed E-state index contributed by atoms with van der Waals surface area (Å²) in [5.41, 5.74) is 1.89. The molecule has 1 N–H and O–H groups in total. The molecule has 0 aromatic heterocycles. The van der Waals surface area contributed by atoms with Crippen LogP contribution in [0.4, 0.5) is 0 Å². The van der Waals surface area contributed by atoms with Gasteiger partial charge in [0.05, 0.1) is 0 Å². The maximum Gasteiger partial charge on any atom is 0.242 e. The third-order valence-corrected chi connectivity index (χ3v) is 4.35. The van der Waals surface area contributed by atoms with E-state index in [0.717, 1.165) is 11.1 Å². The predicted molar refractivity (Wildman–Crippen MR) is 96.5 cm³/mol. The van der Waals surface area contributed by atoms with Crippen molar-refractivity contribution in [2.45, 2.75) is 33.0 Å². The second kappa shape index (κ2) is 7.91. The highest BCUT2D eigenvalue weighted by Crippen LogP contribution is 2.32. The largest absolute Gasteiger partial charge is 0.454 e. The molecule has 0 saturated carbocycles. The van der Waals surface area contributed by atoms with Gasteiger partial charge < -0.3 is 19.7 Å². The number of amides is 2. The Morgan fingerprint density at radius 1 is 1.08 bits per heavy atom. The van der Waals surface area contributed by atoms with E-state index in [9.17, 15) is 9.59 Å². The number of rotatable bonds is 6. The van der Waals surface area contributed by atoms with E-state index in [1.54, 1.807) is 11.8 Å². The van der Waals surface area contributed by atoms with Crippen molar-refractivity contribution in [2.24, 2.45) is 0 Å². The quantitative estimate of drug-likeness (QED) is 0.865. The van der Waals surface area contributed by atoms with Crippen molar-refractivity contribution >= 4 is 11.8 Å². The number of nitrogens with zero attached hydrogens (tertiary/aromatic N) is 1. The summed E-state index contributed by atoms with van der Waals surface area (Å²) in [6.45, 7) is 4.19. The van der Waals surface area contributed by atoms with Crippen molar-refractivity contribution in [1.29, 1.82) is 0 Å². The Kier molecular flexibility index (Phi) is 5.41. The molecule has 0 aliphatic carbocycles. The average Bonchev–Trinajstić information content (AvgIpc) is 3.12. The van der Waals surface area contributed by atoms with E-state index in [1.165, 1.54) is 6.92 Å². The zero-order valence-corrected chi connectivity index (χ0v) is 14.9. The Balaban J connectivity index is 1.61. The van der Waals surface area contributed by atoms with Crippen molar-refractivity contribution in [1.82, 2.24) is 10.2 Å². The van der Waals surface area contributed by atoms with E-state index in [0.29, 0.717) is 24.6 Å². The molecule has 3 rings (SSSR count). The standard InChI is InChI=1S/C20H22N2O4/c1-14(22(15(2)23)12-16-6-4-3-5-7-16)20(24)21-11-17-8-9-18-19(10-17)26-13-25-18/h3-10,14H,11-13H2,1-2H3,(H,21,24)/t14-/m1/s1. The highest BCUT2D eigenvalue weighted by Gasteiger charge is 2.23. The molecule has 26 heavy (non-hydrogen) atoms. The van der Waals surface area contributed by atoms with Crippen LogP contribution in [0.1, 0.15) is 25.0 Å². The minimum absolute atomic E-state index is 0.139. The van der Waals surface area contributed by atoms with Gasteiger partial charge in [0.25, 0.3) is 0 Å². The molecule has 0 saturated heterocycles. The Bertz CT molecular complexity index is 792. The maximum atomic E-state index is 12.5. The topological polar surface area (TPSA) is 67.9 Å². The molecular formula is C20H22N2O4. The van der Waals surface area contributed by atoms with Gasteiger partial charge in [-0.15, -0.1) is 0 Å². The van der Waals surface area contributed by atoms with E-state index >= 15 is 0 Å². The molecule has 6 nitrogen and oxygen atoms in total. The van der Waals surface area contributed by atoms with Gasteiger partial charge in [0.2, 0.25) is 18.6 Å². The summed E-state index contributed by atoms with van der Waals surface area (Å²) in [7, 11) is 0. The van der Waals surface area contributed by atoms with Gasteiger partial charge in [-0.1, -0.05) is 36.4 Å². The summed E-state index contributed by atoms with van der Waals surface area (Å²) in [6, 6.07) is 14.6. The van der Waals surface area contributed by atoms with Gasteiger partial charge in [0.15, 0.2) is 11.5 Å². The zero-order valence-electron chi connectivity index (χ0n) is 14.9. The molecule has 1 heterocycles. The summed E-state index contributed by atoms with van der Waals surface area (Å²) < 4.78 is 10.6. The van der Waals surface area contributed by atoms with Crippen LogP contribution in [0.3, 0.4) is 0 Å². The number of ether oxygens (including phenoxy) is 2. The van der Waals surface area contributed by atoms with Crippen molar-refractivity contribution < 1.29 is 19.1 Å². The third kappa shape index (κ3) is 4.14. The first-order valence-corrected chi connectivity index (χ1v) is 8.52. The molecule has 1 aliphatic rings. The molecule has 2 amide bonds. The summed E-state index contributed by atoms with van der Waals surface area (Å²) >= 11 is 0. The van der Waals surface area contributed by atoms with Crippen LogP contribution < -0.4 is 14.8 Å². The molecule has 2 aromatic rings. The van der Waals surface area contributed by atoms with E-state index in [4.69, 9.17) is 9.47 Å². The first-order valence-electron chi connectivity index (χ1n) is 8.52. The van der Waals surface area contributed by atoms with Gasteiger partial charge in [-0.3, -0.25) is 9.59 Å². The maximum absolute atomic E-state index is 12.5. The van der Waals surface area contributed by atoms with Crippen molar-refractivity contribution in [3.05, 3.63) is 59.7 Å². The van der Waals surface area contributed by atoms with Crippen LogP contribution in [0.15, 0.2) is 48.5 Å². The fraction of sp³-hybridized carbons (Fsp3) is 0.300. The third-order valence-electron chi connectivity index (χ3n) is 4.35. The summed E-state index contributed by atoms with van der Waals surface area (Å²) in [6.07, 6.45) is 0. The first-order chi connectivity index (χ1) is 12.5. The van der Waals surface area contributed by atoms with E-state index < -0.39 is 6.04 Å². The van der Waals surface area contributed by atoms with E-state index in [1.807, 2.05) is 48.5 Å². The average molecular weight is 354 g/mol. The van der Waals surface area contributed by atoms with Gasteiger partial charge in [-0.2, -0.15) is 0 Å². The molecule has 1 aliphatic heterocycles. The highest BCUT2D eigenvalue weighted by molar-refractivity contribution is 5.86. The predicted octanol–water partition coefficient (Wildman–Crippen LogP) is 2.47. The normalized spacial score (nSPS) is 13.2. The summed E-state index contributed by atoms with van der Waals surface area (Å²) in [5, 5.41) is 2.88. The van der Waals surface area contributed by atoms with Crippen LogP contribution in [-0.4, -0.2) is 29.5 Å². The monoisotopic (exact) mass is 354 g/mol. The van der Waals surface area contributed by atoms with Crippen molar-refractivity contribution in [3.63, 3.8) is 0 Å². The lowest BCUT2D eigenvalue weighted by atomic mass is 10.1. The second-order valence-corrected chi connectivity index (χ2v) is 6.21. The van der Waals surface area contributed by atoms with Crippen molar-refractivity contribution in [2.75, 3.05) is 6.79 Å². The Labute approximate surface area is 152 Å². The molecule has 136 valence electrons. The van der Waals surface area contributed by atoms with Crippen molar-refractivity contribution in [3.8, 4) is 11.5 Å². The number of benzene rings is 2. The lowest BCUT2D eigenvalue weighted by Gasteiger charge is -2.27. The fourth-order valence-corrected chi connectivity index (χ4v) is 2.83. The molecular weight excluding hydrogens is 332 g/mol. The molecule has 2 aromatic carbocycles. The highest BCUT2D eigenvalue weighted by atomic mass is 16.7. The molecule has 0 unspecified atom stereocenters. The molecule has 0 radical (unpaired) electrons. The van der Waals surface area contributed by atoms with E-state index in [-0.39, 0.29) is 18.6 Å². The fourth-order valence-electron chi connectivity index (χ4n) is 2.83. The Hall–Kier alpha value is -3.02. The Morgan fingerprint density at radius 2 is 1.81 bits per heavy atom. The van der Waals surface area contributed by atoms with Crippen LogP contribution in [0.25, 0.3) is 0 Å². The SMILES string of the molecule is CC(=O)N(Cc1ccccc1)[C@H](C)C(=O)NCc1ccc2c(c1)OCO2. The van der Waals surface area contributed by atoms with Gasteiger partial charge in [-0.25, -0.2) is 0 Å². The molecule has 0 fully saturated rings. The Morgan fingerprint density at radius 3 is 2.54 bits per heavy atom. The van der Waals surface area contributed by atoms with Crippen LogP contribution in [0.5, 0.6) is 11.5 Å². The molecule has 1 atom stereocenters. The van der Waals surface area contributed by atoms with Gasteiger partial charge >= 0.3 is 0 Å². The molecule has 0 spiro atoms. The van der Waals surface area contributed by atoms with Gasteiger partial charge in [0, 0.05) is 20.0 Å². The van der Waals surface area contributed by atoms with Crippen LogP contribution >= 0.6 is 0 Å². The molecule has 6 heteroatoms. The minimum atomic E-state index is -0.568. The lowest BCUT2D eigenvalue weighted by molar-refractivity contribution is -0.139. The number of hydrogen-bond acceptors (Lipinski definition) is 4. The minimum Gasteiger partial charge on any atom is -0.454 e. The second-order valence-electron chi connectivity index (χ2n) is 6.21. The first kappa shape index (κ1) is 17.8. The van der Waals surface area contributed by atoms with Crippen LogP contribution in [0, 0.1) is 0 Å². The van der Waals surface area contributed by atoms with Gasteiger partial charge in [-0.05, 0) is 30.2 Å². The molecule has 0 bridgehead atoms. The summed E-state index contributed by atoms with van der Waals surface area (Å²) in [5.74, 6) is 1.05. The van der Waals surface area contributed by atoms with Gasteiger partial charge in [0.1, 0.15) is 6.04 Å². The number of hydrogen-bond donors (Lipinski definition) is 1. The number of carbonyl (C=O) groups is 2. The summed E-state index contributed by atoms with van der Waals surface area (Å²) in [4.78, 5) is 26.1. The smallest absolute Gasteiger partial charge is 0.242 e. The zero-order chi connectivity index (χ0) is 18.5.